The predicted molar refractivity (Wildman–Crippen MR) is 90.4 cm³/mol. The zero-order valence-electron chi connectivity index (χ0n) is 12.5. The van der Waals surface area contributed by atoms with Gasteiger partial charge in [0.2, 0.25) is 0 Å². The third-order valence-electron chi connectivity index (χ3n) is 3.26. The number of rotatable bonds is 6. The van der Waals surface area contributed by atoms with Gasteiger partial charge in [0.05, 0.1) is 0 Å². The summed E-state index contributed by atoms with van der Waals surface area (Å²) in [5, 5.41) is 1.66. The van der Waals surface area contributed by atoms with E-state index in [9.17, 15) is 9.36 Å². The van der Waals surface area contributed by atoms with Crippen molar-refractivity contribution in [2.45, 2.75) is 6.92 Å². The zero-order valence-corrected chi connectivity index (χ0v) is 13.4. The number of benzene rings is 2. The molecule has 0 saturated carbocycles. The van der Waals surface area contributed by atoms with Crippen LogP contribution in [0.25, 0.3) is 0 Å². The summed E-state index contributed by atoms with van der Waals surface area (Å²) in [6.07, 6.45) is 3.96. The quantitative estimate of drug-likeness (QED) is 0.467. The fourth-order valence-corrected chi connectivity index (χ4v) is 4.63. The van der Waals surface area contributed by atoms with Crippen molar-refractivity contribution in [1.29, 1.82) is 0 Å². The average molecular weight is 314 g/mol. The summed E-state index contributed by atoms with van der Waals surface area (Å²) >= 11 is 0. The Labute approximate surface area is 131 Å². The van der Waals surface area contributed by atoms with Gasteiger partial charge in [0.25, 0.3) is 0 Å². The standard InChI is InChI=1S/C18H19O3P/c1-16(19)21-14-8-9-15-22(20,17-10-4-2-5-11-17)18-12-6-3-7-13-18/h2-13H,14-15H2,1H3/b9-8+. The molecule has 0 N–H and O–H groups in total. The molecule has 3 nitrogen and oxygen atoms in total. The van der Waals surface area contributed by atoms with E-state index in [2.05, 4.69) is 0 Å². The Hall–Kier alpha value is -2.12. The molecule has 2 aromatic carbocycles. The molecule has 0 spiro atoms. The first-order valence-corrected chi connectivity index (χ1v) is 9.01. The first kappa shape index (κ1) is 16.3. The molecule has 0 aliphatic heterocycles. The van der Waals surface area contributed by atoms with Gasteiger partial charge in [-0.2, -0.15) is 0 Å². The highest BCUT2D eigenvalue weighted by Gasteiger charge is 2.25. The van der Waals surface area contributed by atoms with Crippen LogP contribution in [0, 0.1) is 0 Å². The van der Waals surface area contributed by atoms with Gasteiger partial charge in [0.15, 0.2) is 0 Å². The molecule has 22 heavy (non-hydrogen) atoms. The zero-order chi connectivity index (χ0) is 15.8. The molecular formula is C18H19O3P. The van der Waals surface area contributed by atoms with Gasteiger partial charge in [-0.1, -0.05) is 72.8 Å². The third-order valence-corrected chi connectivity index (χ3v) is 6.25. The number of ether oxygens (including phenoxy) is 1. The van der Waals surface area contributed by atoms with Crippen molar-refractivity contribution in [3.8, 4) is 0 Å². The van der Waals surface area contributed by atoms with E-state index in [1.165, 1.54) is 6.92 Å². The first-order chi connectivity index (χ1) is 10.6. The fourth-order valence-electron chi connectivity index (χ4n) is 2.15. The molecule has 0 fully saturated rings. The van der Waals surface area contributed by atoms with Crippen molar-refractivity contribution >= 4 is 23.7 Å². The summed E-state index contributed by atoms with van der Waals surface area (Å²) in [5.74, 6) is -0.320. The second-order valence-electron chi connectivity index (χ2n) is 4.87. The van der Waals surface area contributed by atoms with Gasteiger partial charge in [-0.3, -0.25) is 4.79 Å². The summed E-state index contributed by atoms with van der Waals surface area (Å²) in [4.78, 5) is 10.7. The van der Waals surface area contributed by atoms with Crippen molar-refractivity contribution in [3.63, 3.8) is 0 Å². The molecule has 4 heteroatoms. The molecule has 0 saturated heterocycles. The summed E-state index contributed by atoms with van der Waals surface area (Å²) in [7, 11) is -2.72. The Bertz CT molecular complexity index is 634. The van der Waals surface area contributed by atoms with Crippen LogP contribution in [0.5, 0.6) is 0 Å². The van der Waals surface area contributed by atoms with Crippen LogP contribution in [0.1, 0.15) is 6.92 Å². The van der Waals surface area contributed by atoms with E-state index in [0.717, 1.165) is 10.6 Å². The molecule has 0 bridgehead atoms. The molecule has 0 aromatic heterocycles. The molecule has 0 unspecified atom stereocenters. The van der Waals surface area contributed by atoms with Gasteiger partial charge in [-0.15, -0.1) is 0 Å². The molecule has 0 aliphatic rings. The van der Waals surface area contributed by atoms with Crippen LogP contribution in [0.4, 0.5) is 0 Å². The summed E-state index contributed by atoms with van der Waals surface area (Å²) in [6, 6.07) is 19.0. The van der Waals surface area contributed by atoms with Crippen molar-refractivity contribution in [2.75, 3.05) is 12.8 Å². The maximum absolute atomic E-state index is 13.6. The summed E-state index contributed by atoms with van der Waals surface area (Å²) in [5.41, 5.74) is 0. The average Bonchev–Trinajstić information content (AvgIpc) is 2.55. The molecule has 0 atom stereocenters. The van der Waals surface area contributed by atoms with Crippen molar-refractivity contribution < 1.29 is 14.1 Å². The summed E-state index contributed by atoms with van der Waals surface area (Å²) < 4.78 is 18.4. The van der Waals surface area contributed by atoms with Crippen LogP contribution in [0.3, 0.4) is 0 Å². The number of carbonyl (C=O) groups excluding carboxylic acids is 1. The Kier molecular flexibility index (Phi) is 5.74. The van der Waals surface area contributed by atoms with Crippen LogP contribution in [-0.4, -0.2) is 18.7 Å². The minimum Gasteiger partial charge on any atom is -0.462 e. The van der Waals surface area contributed by atoms with E-state index in [1.54, 1.807) is 6.08 Å². The van der Waals surface area contributed by atoms with Crippen molar-refractivity contribution in [3.05, 3.63) is 72.8 Å². The van der Waals surface area contributed by atoms with E-state index < -0.39 is 7.14 Å². The van der Waals surface area contributed by atoms with Gasteiger partial charge < -0.3 is 9.30 Å². The summed E-state index contributed by atoms with van der Waals surface area (Å²) in [6.45, 7) is 1.57. The van der Waals surface area contributed by atoms with E-state index in [1.807, 2.05) is 66.7 Å². The molecular weight excluding hydrogens is 295 g/mol. The Morgan fingerprint density at radius 3 is 1.91 bits per heavy atom. The van der Waals surface area contributed by atoms with E-state index >= 15 is 0 Å². The van der Waals surface area contributed by atoms with Gasteiger partial charge in [-0.25, -0.2) is 0 Å². The number of allylic oxidation sites excluding steroid dienone is 1. The third kappa shape index (κ3) is 4.19. The van der Waals surface area contributed by atoms with Crippen LogP contribution in [-0.2, 0) is 14.1 Å². The molecule has 0 amide bonds. The Morgan fingerprint density at radius 1 is 0.955 bits per heavy atom. The Morgan fingerprint density at radius 2 is 1.45 bits per heavy atom. The van der Waals surface area contributed by atoms with Gasteiger partial charge in [-0.05, 0) is 0 Å². The highest BCUT2D eigenvalue weighted by atomic mass is 31.2. The molecule has 0 heterocycles. The molecule has 2 rings (SSSR count). The van der Waals surface area contributed by atoms with Crippen molar-refractivity contribution in [2.24, 2.45) is 0 Å². The fraction of sp³-hybridized carbons (Fsp3) is 0.167. The Balaban J connectivity index is 2.24. The molecule has 114 valence electrons. The van der Waals surface area contributed by atoms with E-state index in [-0.39, 0.29) is 12.6 Å². The number of carbonyl (C=O) groups is 1. The second kappa shape index (κ2) is 7.77. The molecule has 0 aliphatic carbocycles. The lowest BCUT2D eigenvalue weighted by Crippen LogP contribution is -2.17. The van der Waals surface area contributed by atoms with Crippen LogP contribution >= 0.6 is 7.14 Å². The highest BCUT2D eigenvalue weighted by Crippen LogP contribution is 2.43. The minimum atomic E-state index is -2.72. The largest absolute Gasteiger partial charge is 0.462 e. The highest BCUT2D eigenvalue weighted by molar-refractivity contribution is 7.78. The maximum Gasteiger partial charge on any atom is 0.302 e. The SMILES string of the molecule is CC(=O)OC/C=C/CP(=O)(c1ccccc1)c1ccccc1. The van der Waals surface area contributed by atoms with Crippen molar-refractivity contribution in [1.82, 2.24) is 0 Å². The monoisotopic (exact) mass is 314 g/mol. The lowest BCUT2D eigenvalue weighted by molar-refractivity contribution is -0.139. The smallest absolute Gasteiger partial charge is 0.302 e. The lowest BCUT2D eigenvalue weighted by atomic mass is 10.4. The first-order valence-electron chi connectivity index (χ1n) is 7.11. The number of hydrogen-bond donors (Lipinski definition) is 0. The minimum absolute atomic E-state index is 0.207. The topological polar surface area (TPSA) is 43.4 Å². The number of esters is 1. The van der Waals surface area contributed by atoms with Crippen LogP contribution in [0.15, 0.2) is 72.8 Å². The normalized spacial score (nSPS) is 11.5. The molecule has 0 radical (unpaired) electrons. The van der Waals surface area contributed by atoms with Gasteiger partial charge >= 0.3 is 5.97 Å². The van der Waals surface area contributed by atoms with Crippen LogP contribution < -0.4 is 10.6 Å². The van der Waals surface area contributed by atoms with Gasteiger partial charge in [0, 0.05) is 23.7 Å². The van der Waals surface area contributed by atoms with E-state index in [4.69, 9.17) is 4.74 Å². The lowest BCUT2D eigenvalue weighted by Gasteiger charge is -2.17. The maximum atomic E-state index is 13.6. The predicted octanol–water partition coefficient (Wildman–Crippen LogP) is 3.12. The number of hydrogen-bond acceptors (Lipinski definition) is 3. The van der Waals surface area contributed by atoms with Gasteiger partial charge in [0.1, 0.15) is 13.7 Å². The molecule has 2 aromatic rings. The van der Waals surface area contributed by atoms with E-state index in [0.29, 0.717) is 6.16 Å². The van der Waals surface area contributed by atoms with Crippen LogP contribution in [0.2, 0.25) is 0 Å². The second-order valence-corrected chi connectivity index (χ2v) is 7.74.